The summed E-state index contributed by atoms with van der Waals surface area (Å²) in [6, 6.07) is 79.0. The van der Waals surface area contributed by atoms with Crippen LogP contribution in [-0.2, 0) is 0 Å². The van der Waals surface area contributed by atoms with E-state index in [9.17, 15) is 0 Å². The van der Waals surface area contributed by atoms with Gasteiger partial charge in [0.2, 0.25) is 0 Å². The van der Waals surface area contributed by atoms with E-state index in [0.717, 1.165) is 17.1 Å². The van der Waals surface area contributed by atoms with Crippen molar-refractivity contribution in [2.45, 2.75) is 0 Å². The fourth-order valence-corrected chi connectivity index (χ4v) is 15.6. The van der Waals surface area contributed by atoms with Gasteiger partial charge in [0.05, 0.1) is 0 Å². The number of fused-ring (bicyclic) bond motifs is 8. The Bertz CT molecular complexity index is 3000. The monoisotopic (exact) mass is 733 g/mol. The maximum Gasteiger partial charge on any atom is 0.181 e. The number of rotatable bonds is 6. The third-order valence-corrected chi connectivity index (χ3v) is 17.5. The van der Waals surface area contributed by atoms with Crippen molar-refractivity contribution in [2.75, 3.05) is 4.90 Å². The Morgan fingerprint density at radius 3 is 1.80 bits per heavy atom. The molecule has 258 valence electrons. The predicted octanol–water partition coefficient (Wildman–Crippen LogP) is 11.7. The number of hydrogen-bond acceptors (Lipinski definition) is 2. The molecular weight excluding hydrogens is 699 g/mol. The standard InChI is InChI=1S/C52H35NSSi/c1-4-18-40(19-5-1)53(41-20-14-17-38(34-41)39-28-27-36-15-10-11-16-37(36)33-39)42-29-30-47-50(35-42)55(43-21-6-2-7-22-43,44-23-8-3-9-24-44)49-32-31-46-45-25-12-13-26-48(45)54-52(46)51(47)49/h1-35H. The van der Waals surface area contributed by atoms with Crippen LogP contribution in [0.2, 0.25) is 0 Å². The van der Waals surface area contributed by atoms with E-state index < -0.39 is 8.07 Å². The van der Waals surface area contributed by atoms with Gasteiger partial charge in [0, 0.05) is 37.2 Å². The van der Waals surface area contributed by atoms with Gasteiger partial charge in [-0.1, -0.05) is 164 Å². The highest BCUT2D eigenvalue weighted by molar-refractivity contribution is 7.28. The van der Waals surface area contributed by atoms with Crippen LogP contribution in [-0.4, -0.2) is 8.07 Å². The fraction of sp³-hybridized carbons (Fsp3) is 0. The molecule has 10 aromatic rings. The molecule has 0 N–H and O–H groups in total. The normalized spacial score (nSPS) is 12.9. The summed E-state index contributed by atoms with van der Waals surface area (Å²) in [6.45, 7) is 0. The highest BCUT2D eigenvalue weighted by Crippen LogP contribution is 2.44. The molecule has 0 radical (unpaired) electrons. The summed E-state index contributed by atoms with van der Waals surface area (Å²) in [5.74, 6) is 0. The summed E-state index contributed by atoms with van der Waals surface area (Å²) in [4.78, 5) is 2.44. The summed E-state index contributed by atoms with van der Waals surface area (Å²) in [5.41, 5.74) is 8.59. The van der Waals surface area contributed by atoms with Crippen molar-refractivity contribution in [3.8, 4) is 22.3 Å². The number of benzene rings is 9. The van der Waals surface area contributed by atoms with Gasteiger partial charge in [0.1, 0.15) is 0 Å². The van der Waals surface area contributed by atoms with Gasteiger partial charge in [0.25, 0.3) is 0 Å². The Hall–Kier alpha value is -6.52. The second-order valence-corrected chi connectivity index (χ2v) is 19.2. The van der Waals surface area contributed by atoms with Crippen molar-refractivity contribution in [3.63, 3.8) is 0 Å². The molecule has 0 unspecified atom stereocenters. The Balaban J connectivity index is 1.18. The van der Waals surface area contributed by atoms with Gasteiger partial charge >= 0.3 is 0 Å². The number of anilines is 3. The quantitative estimate of drug-likeness (QED) is 0.154. The van der Waals surface area contributed by atoms with Crippen LogP contribution in [0, 0.1) is 0 Å². The van der Waals surface area contributed by atoms with Gasteiger partial charge in [-0.05, 0) is 102 Å². The summed E-state index contributed by atoms with van der Waals surface area (Å²) in [6.07, 6.45) is 0. The average molecular weight is 734 g/mol. The molecule has 9 aromatic carbocycles. The average Bonchev–Trinajstić information content (AvgIpc) is 3.78. The highest BCUT2D eigenvalue weighted by atomic mass is 32.1. The number of para-hydroxylation sites is 1. The molecule has 0 fully saturated rings. The maximum absolute atomic E-state index is 2.78. The SMILES string of the molecule is c1ccc(N(c2cccc(-c3ccc4ccccc4c3)c2)c2ccc3c(c2)[Si](c2ccccc2)(c2ccccc2)c2ccc4c(sc5ccccc54)c2-3)cc1. The Kier molecular flexibility index (Phi) is 7.44. The smallest absolute Gasteiger partial charge is 0.181 e. The molecule has 0 bridgehead atoms. The Labute approximate surface area is 326 Å². The van der Waals surface area contributed by atoms with Crippen molar-refractivity contribution < 1.29 is 0 Å². The van der Waals surface area contributed by atoms with Gasteiger partial charge < -0.3 is 4.90 Å². The zero-order chi connectivity index (χ0) is 36.3. The zero-order valence-corrected chi connectivity index (χ0v) is 31.9. The van der Waals surface area contributed by atoms with Crippen LogP contribution >= 0.6 is 11.3 Å². The van der Waals surface area contributed by atoms with Crippen LogP contribution in [0.25, 0.3) is 53.2 Å². The minimum absolute atomic E-state index is 1.13. The molecule has 11 rings (SSSR count). The van der Waals surface area contributed by atoms with E-state index in [1.54, 1.807) is 0 Å². The summed E-state index contributed by atoms with van der Waals surface area (Å²) in [5, 5.41) is 10.9. The Morgan fingerprint density at radius 1 is 0.382 bits per heavy atom. The van der Waals surface area contributed by atoms with Crippen LogP contribution in [0.4, 0.5) is 17.1 Å². The molecule has 0 saturated carbocycles. The molecular formula is C52H35NSSi. The minimum Gasteiger partial charge on any atom is -0.310 e. The largest absolute Gasteiger partial charge is 0.310 e. The first-order valence-electron chi connectivity index (χ1n) is 18.9. The van der Waals surface area contributed by atoms with E-state index in [0.29, 0.717) is 0 Å². The van der Waals surface area contributed by atoms with Gasteiger partial charge in [-0.25, -0.2) is 0 Å². The third kappa shape index (κ3) is 4.98. The molecule has 3 heteroatoms. The van der Waals surface area contributed by atoms with E-state index in [1.165, 1.54) is 73.9 Å². The van der Waals surface area contributed by atoms with E-state index in [1.807, 2.05) is 11.3 Å². The lowest BCUT2D eigenvalue weighted by Crippen LogP contribution is -2.72. The van der Waals surface area contributed by atoms with E-state index in [2.05, 4.69) is 217 Å². The third-order valence-electron chi connectivity index (χ3n) is 11.5. The molecule has 0 saturated heterocycles. The van der Waals surface area contributed by atoms with Crippen LogP contribution in [0.5, 0.6) is 0 Å². The van der Waals surface area contributed by atoms with Crippen molar-refractivity contribution in [1.82, 2.24) is 0 Å². The molecule has 0 atom stereocenters. The Morgan fingerprint density at radius 2 is 1.02 bits per heavy atom. The lowest BCUT2D eigenvalue weighted by molar-refractivity contribution is 1.29. The number of thiophene rings is 1. The molecule has 0 spiro atoms. The lowest BCUT2D eigenvalue weighted by atomic mass is 10.00. The van der Waals surface area contributed by atoms with E-state index in [4.69, 9.17) is 0 Å². The molecule has 1 aliphatic heterocycles. The van der Waals surface area contributed by atoms with Gasteiger partial charge in [0.15, 0.2) is 8.07 Å². The summed E-state index contributed by atoms with van der Waals surface area (Å²) < 4.78 is 2.72. The van der Waals surface area contributed by atoms with Crippen LogP contribution in [0.15, 0.2) is 212 Å². The first-order valence-corrected chi connectivity index (χ1v) is 21.7. The maximum atomic E-state index is 2.54. The highest BCUT2D eigenvalue weighted by Gasteiger charge is 2.49. The minimum atomic E-state index is -2.78. The molecule has 0 amide bonds. The van der Waals surface area contributed by atoms with Crippen molar-refractivity contribution in [3.05, 3.63) is 212 Å². The fourth-order valence-electron chi connectivity index (χ4n) is 9.10. The van der Waals surface area contributed by atoms with Crippen LogP contribution < -0.4 is 25.6 Å². The molecule has 0 aliphatic carbocycles. The van der Waals surface area contributed by atoms with Crippen molar-refractivity contribution in [2.24, 2.45) is 0 Å². The van der Waals surface area contributed by atoms with E-state index in [-0.39, 0.29) is 0 Å². The van der Waals surface area contributed by atoms with Gasteiger partial charge in [-0.15, -0.1) is 11.3 Å². The van der Waals surface area contributed by atoms with Crippen molar-refractivity contribution in [1.29, 1.82) is 0 Å². The molecule has 1 aromatic heterocycles. The van der Waals surface area contributed by atoms with Gasteiger partial charge in [-0.3, -0.25) is 0 Å². The topological polar surface area (TPSA) is 3.24 Å². The zero-order valence-electron chi connectivity index (χ0n) is 30.1. The summed E-state index contributed by atoms with van der Waals surface area (Å²) >= 11 is 1.94. The first kappa shape index (κ1) is 32.0. The first-order chi connectivity index (χ1) is 27.3. The van der Waals surface area contributed by atoms with Gasteiger partial charge in [-0.2, -0.15) is 0 Å². The van der Waals surface area contributed by atoms with Crippen molar-refractivity contribution >= 4 is 88.2 Å². The molecule has 1 nitrogen and oxygen atoms in total. The predicted molar refractivity (Wildman–Crippen MR) is 240 cm³/mol. The molecule has 1 aliphatic rings. The molecule has 55 heavy (non-hydrogen) atoms. The van der Waals surface area contributed by atoms with Crippen LogP contribution in [0.1, 0.15) is 0 Å². The summed E-state index contributed by atoms with van der Waals surface area (Å²) in [7, 11) is -2.78. The number of hydrogen-bond donors (Lipinski definition) is 0. The molecule has 2 heterocycles. The lowest BCUT2D eigenvalue weighted by Gasteiger charge is -2.32. The van der Waals surface area contributed by atoms with E-state index >= 15 is 0 Å². The van der Waals surface area contributed by atoms with Crippen LogP contribution in [0.3, 0.4) is 0 Å². The second-order valence-electron chi connectivity index (χ2n) is 14.5. The second kappa shape index (κ2) is 12.8. The number of nitrogens with zero attached hydrogens (tertiary/aromatic N) is 1.